The molecule has 1 unspecified atom stereocenters. The predicted octanol–water partition coefficient (Wildman–Crippen LogP) is 3.51. The molecular formula is C14H15IN2O. The van der Waals surface area contributed by atoms with E-state index in [9.17, 15) is 0 Å². The minimum Gasteiger partial charge on any atom is -0.379 e. The average molecular weight is 354 g/mol. The largest absolute Gasteiger partial charge is 0.379 e. The van der Waals surface area contributed by atoms with Crippen molar-refractivity contribution in [1.29, 1.82) is 0 Å². The van der Waals surface area contributed by atoms with Gasteiger partial charge in [-0.25, -0.2) is 0 Å². The minimum atomic E-state index is 0.397. The van der Waals surface area contributed by atoms with Crippen molar-refractivity contribution in [2.24, 2.45) is 0 Å². The second-order valence-electron chi connectivity index (χ2n) is 4.56. The molecule has 1 fully saturated rings. The summed E-state index contributed by atoms with van der Waals surface area (Å²) < 4.78 is 8.82. The van der Waals surface area contributed by atoms with Crippen LogP contribution in [-0.2, 0) is 4.74 Å². The molecule has 3 rings (SSSR count). The predicted molar refractivity (Wildman–Crippen MR) is 79.5 cm³/mol. The van der Waals surface area contributed by atoms with E-state index in [2.05, 4.69) is 62.8 Å². The summed E-state index contributed by atoms with van der Waals surface area (Å²) in [5, 5.41) is 4.49. The first-order valence-corrected chi connectivity index (χ1v) is 7.29. The lowest BCUT2D eigenvalue weighted by Crippen LogP contribution is -2.21. The van der Waals surface area contributed by atoms with E-state index >= 15 is 0 Å². The number of benzene rings is 1. The average Bonchev–Trinajstić information content (AvgIpc) is 2.90. The summed E-state index contributed by atoms with van der Waals surface area (Å²) in [5.41, 5.74) is 2.44. The molecule has 18 heavy (non-hydrogen) atoms. The van der Waals surface area contributed by atoms with Gasteiger partial charge >= 0.3 is 0 Å². The van der Waals surface area contributed by atoms with Gasteiger partial charge in [-0.05, 0) is 47.1 Å². The molecule has 1 aromatic carbocycles. The molecule has 1 atom stereocenters. The molecule has 0 amide bonds. The molecule has 4 heteroatoms. The van der Waals surface area contributed by atoms with E-state index in [1.165, 1.54) is 14.7 Å². The van der Waals surface area contributed by atoms with E-state index in [4.69, 9.17) is 4.74 Å². The zero-order valence-electron chi connectivity index (χ0n) is 10.1. The molecule has 1 aromatic heterocycles. The van der Waals surface area contributed by atoms with E-state index in [-0.39, 0.29) is 0 Å². The fourth-order valence-corrected chi connectivity index (χ4v) is 3.00. The van der Waals surface area contributed by atoms with Crippen molar-refractivity contribution in [3.05, 3.63) is 40.2 Å². The first-order valence-electron chi connectivity index (χ1n) is 6.21. The molecule has 0 aliphatic carbocycles. The lowest BCUT2D eigenvalue weighted by molar-refractivity contribution is 0.0549. The summed E-state index contributed by atoms with van der Waals surface area (Å²) in [6.45, 7) is 1.67. The van der Waals surface area contributed by atoms with Crippen LogP contribution in [0, 0.1) is 3.57 Å². The normalized spacial score (nSPS) is 19.9. The van der Waals surface area contributed by atoms with Crippen molar-refractivity contribution >= 4 is 22.6 Å². The van der Waals surface area contributed by atoms with Crippen molar-refractivity contribution in [2.45, 2.75) is 18.9 Å². The third-order valence-corrected chi connectivity index (χ3v) is 4.24. The van der Waals surface area contributed by atoms with E-state index in [1.54, 1.807) is 0 Å². The summed E-state index contributed by atoms with van der Waals surface area (Å²) in [6.07, 6.45) is 6.37. The van der Waals surface area contributed by atoms with Gasteiger partial charge in [-0.2, -0.15) is 5.10 Å². The highest BCUT2D eigenvalue weighted by Crippen LogP contribution is 2.26. The highest BCUT2D eigenvalue weighted by atomic mass is 127. The van der Waals surface area contributed by atoms with Crippen LogP contribution in [0.5, 0.6) is 0 Å². The number of hydrogen-bond acceptors (Lipinski definition) is 2. The maximum absolute atomic E-state index is 5.51. The Kier molecular flexibility index (Phi) is 3.65. The van der Waals surface area contributed by atoms with Crippen LogP contribution >= 0.6 is 22.6 Å². The molecular weight excluding hydrogens is 339 g/mol. The van der Waals surface area contributed by atoms with Gasteiger partial charge < -0.3 is 4.74 Å². The van der Waals surface area contributed by atoms with Crippen molar-refractivity contribution < 1.29 is 4.74 Å². The third kappa shape index (κ3) is 2.44. The van der Waals surface area contributed by atoms with Crippen molar-refractivity contribution in [1.82, 2.24) is 9.78 Å². The standard InChI is InChI=1S/C14H15IN2O/c15-14-6-2-1-5-13(14)11-8-16-17(9-11)12-4-3-7-18-10-12/h1-2,5-6,8-9,12H,3-4,7,10H2. The Bertz CT molecular complexity index is 532. The van der Waals surface area contributed by atoms with Crippen LogP contribution in [0.2, 0.25) is 0 Å². The topological polar surface area (TPSA) is 27.1 Å². The second kappa shape index (κ2) is 5.40. The van der Waals surface area contributed by atoms with Gasteiger partial charge in [0.25, 0.3) is 0 Å². The van der Waals surface area contributed by atoms with E-state index in [0.29, 0.717) is 6.04 Å². The quantitative estimate of drug-likeness (QED) is 0.772. The summed E-state index contributed by atoms with van der Waals surface area (Å²) >= 11 is 2.37. The first-order chi connectivity index (χ1) is 8.84. The molecule has 1 aliphatic rings. The maximum atomic E-state index is 5.51. The van der Waals surface area contributed by atoms with Crippen LogP contribution in [0.3, 0.4) is 0 Å². The van der Waals surface area contributed by atoms with Crippen LogP contribution in [-0.4, -0.2) is 23.0 Å². The Hall–Kier alpha value is -0.880. The van der Waals surface area contributed by atoms with Crippen LogP contribution in [0.4, 0.5) is 0 Å². The van der Waals surface area contributed by atoms with E-state index in [1.807, 2.05) is 6.20 Å². The summed E-state index contributed by atoms with van der Waals surface area (Å²) in [6, 6.07) is 8.79. The highest BCUT2D eigenvalue weighted by molar-refractivity contribution is 14.1. The molecule has 0 saturated carbocycles. The summed E-state index contributed by atoms with van der Waals surface area (Å²) in [7, 11) is 0. The van der Waals surface area contributed by atoms with Crippen LogP contribution in [0.25, 0.3) is 11.1 Å². The lowest BCUT2D eigenvalue weighted by Gasteiger charge is -2.22. The van der Waals surface area contributed by atoms with Gasteiger partial charge in [-0.1, -0.05) is 18.2 Å². The van der Waals surface area contributed by atoms with Crippen molar-refractivity contribution in [2.75, 3.05) is 13.2 Å². The molecule has 0 N–H and O–H groups in total. The molecule has 1 aliphatic heterocycles. The number of ether oxygens (including phenoxy) is 1. The Morgan fingerprint density at radius 1 is 1.33 bits per heavy atom. The number of nitrogens with zero attached hydrogens (tertiary/aromatic N) is 2. The molecule has 0 spiro atoms. The number of aromatic nitrogens is 2. The summed E-state index contributed by atoms with van der Waals surface area (Å²) in [4.78, 5) is 0. The molecule has 0 radical (unpaired) electrons. The fourth-order valence-electron chi connectivity index (χ4n) is 2.30. The van der Waals surface area contributed by atoms with Crippen LogP contribution in [0.1, 0.15) is 18.9 Å². The van der Waals surface area contributed by atoms with Gasteiger partial charge in [0.15, 0.2) is 0 Å². The first kappa shape index (κ1) is 12.2. The molecule has 1 saturated heterocycles. The molecule has 94 valence electrons. The van der Waals surface area contributed by atoms with Gasteiger partial charge in [-0.3, -0.25) is 4.68 Å². The monoisotopic (exact) mass is 354 g/mol. The Labute approximate surface area is 120 Å². The second-order valence-corrected chi connectivity index (χ2v) is 5.72. The smallest absolute Gasteiger partial charge is 0.0753 e. The van der Waals surface area contributed by atoms with Gasteiger partial charge in [-0.15, -0.1) is 0 Å². The molecule has 2 heterocycles. The minimum absolute atomic E-state index is 0.397. The SMILES string of the molecule is Ic1ccccc1-c1cnn(C2CCCOC2)c1. The van der Waals surface area contributed by atoms with E-state index < -0.39 is 0 Å². The van der Waals surface area contributed by atoms with Crippen molar-refractivity contribution in [3.8, 4) is 11.1 Å². The fraction of sp³-hybridized carbons (Fsp3) is 0.357. The van der Waals surface area contributed by atoms with Gasteiger partial charge in [0.05, 0.1) is 18.8 Å². The maximum Gasteiger partial charge on any atom is 0.0753 e. The van der Waals surface area contributed by atoms with Gasteiger partial charge in [0.1, 0.15) is 0 Å². The Morgan fingerprint density at radius 2 is 2.22 bits per heavy atom. The van der Waals surface area contributed by atoms with Crippen LogP contribution in [0.15, 0.2) is 36.7 Å². The zero-order valence-corrected chi connectivity index (χ0v) is 12.2. The Balaban J connectivity index is 1.87. The van der Waals surface area contributed by atoms with Crippen molar-refractivity contribution in [3.63, 3.8) is 0 Å². The Morgan fingerprint density at radius 3 is 3.00 bits per heavy atom. The third-order valence-electron chi connectivity index (χ3n) is 3.30. The highest BCUT2D eigenvalue weighted by Gasteiger charge is 2.17. The number of rotatable bonds is 2. The zero-order chi connectivity index (χ0) is 12.4. The molecule has 0 bridgehead atoms. The van der Waals surface area contributed by atoms with Gasteiger partial charge in [0.2, 0.25) is 0 Å². The molecule has 2 aromatic rings. The van der Waals surface area contributed by atoms with Crippen LogP contribution < -0.4 is 0 Å². The van der Waals surface area contributed by atoms with E-state index in [0.717, 1.165) is 26.1 Å². The van der Waals surface area contributed by atoms with Gasteiger partial charge in [0, 0.05) is 21.9 Å². The lowest BCUT2D eigenvalue weighted by atomic mass is 10.1. The number of halogens is 1. The molecule has 3 nitrogen and oxygen atoms in total. The number of hydrogen-bond donors (Lipinski definition) is 0. The summed E-state index contributed by atoms with van der Waals surface area (Å²) in [5.74, 6) is 0.